The lowest BCUT2D eigenvalue weighted by molar-refractivity contribution is -0.120. The van der Waals surface area contributed by atoms with Gasteiger partial charge in [-0.15, -0.1) is 0 Å². The van der Waals surface area contributed by atoms with Crippen molar-refractivity contribution in [2.24, 2.45) is 0 Å². The van der Waals surface area contributed by atoms with Crippen molar-refractivity contribution >= 4 is 21.8 Å². The van der Waals surface area contributed by atoms with Gasteiger partial charge in [0, 0.05) is 17.9 Å². The lowest BCUT2D eigenvalue weighted by Gasteiger charge is -2.06. The molecule has 1 aromatic rings. The summed E-state index contributed by atoms with van der Waals surface area (Å²) < 4.78 is 25.9. The summed E-state index contributed by atoms with van der Waals surface area (Å²) in [7, 11) is 0. The van der Waals surface area contributed by atoms with E-state index in [-0.39, 0.29) is 17.9 Å². The number of amides is 1. The number of halogens is 3. The van der Waals surface area contributed by atoms with Gasteiger partial charge in [-0.2, -0.15) is 0 Å². The molecule has 0 aliphatic carbocycles. The second kappa shape index (κ2) is 8.19. The van der Waals surface area contributed by atoms with Crippen LogP contribution in [0.15, 0.2) is 18.2 Å². The number of carbonyl (C=O) groups is 1. The van der Waals surface area contributed by atoms with Gasteiger partial charge in [-0.1, -0.05) is 28.4 Å². The van der Waals surface area contributed by atoms with Gasteiger partial charge in [0.05, 0.1) is 6.42 Å². The fraction of sp³-hybridized carbons (Fsp3) is 0.462. The summed E-state index contributed by atoms with van der Waals surface area (Å²) in [5, 5.41) is 3.68. The van der Waals surface area contributed by atoms with E-state index in [0.717, 1.165) is 36.7 Å². The first-order chi connectivity index (χ1) is 8.63. The highest BCUT2D eigenvalue weighted by Crippen LogP contribution is 2.10. The molecule has 0 aromatic heterocycles. The Hall–Kier alpha value is -0.970. The summed E-state index contributed by atoms with van der Waals surface area (Å²) in [6, 6.07) is 3.25. The Morgan fingerprint density at radius 2 is 2.00 bits per heavy atom. The molecule has 0 atom stereocenters. The number of hydrogen-bond acceptors (Lipinski definition) is 1. The highest BCUT2D eigenvalue weighted by Gasteiger charge is 2.08. The quantitative estimate of drug-likeness (QED) is 0.607. The summed E-state index contributed by atoms with van der Waals surface area (Å²) in [5.74, 6) is -1.55. The first-order valence-electron chi connectivity index (χ1n) is 5.90. The van der Waals surface area contributed by atoms with E-state index in [2.05, 4.69) is 21.2 Å². The van der Waals surface area contributed by atoms with Gasteiger partial charge < -0.3 is 5.32 Å². The molecule has 0 saturated heterocycles. The lowest BCUT2D eigenvalue weighted by Crippen LogP contribution is -2.26. The number of carbonyl (C=O) groups excluding carboxylic acids is 1. The van der Waals surface area contributed by atoms with Crippen molar-refractivity contribution in [3.8, 4) is 0 Å². The normalized spacial score (nSPS) is 10.4. The predicted molar refractivity (Wildman–Crippen MR) is 70.7 cm³/mol. The van der Waals surface area contributed by atoms with Crippen molar-refractivity contribution < 1.29 is 13.6 Å². The molecule has 100 valence electrons. The molecule has 0 radical (unpaired) electrons. The molecule has 0 aliphatic rings. The number of rotatable bonds is 7. The number of benzene rings is 1. The third-order valence-corrected chi connectivity index (χ3v) is 3.06. The van der Waals surface area contributed by atoms with Crippen LogP contribution in [0.5, 0.6) is 0 Å². The molecule has 0 saturated carbocycles. The van der Waals surface area contributed by atoms with Crippen molar-refractivity contribution in [3.05, 3.63) is 35.4 Å². The maximum Gasteiger partial charge on any atom is 0.224 e. The number of alkyl halides is 1. The van der Waals surface area contributed by atoms with E-state index in [1.165, 1.54) is 6.07 Å². The fourth-order valence-electron chi connectivity index (χ4n) is 1.52. The number of nitrogens with one attached hydrogen (secondary N) is 1. The van der Waals surface area contributed by atoms with Crippen LogP contribution in [0.25, 0.3) is 0 Å². The summed E-state index contributed by atoms with van der Waals surface area (Å²) in [6.45, 7) is 0.592. The van der Waals surface area contributed by atoms with Crippen LogP contribution in [-0.2, 0) is 11.2 Å². The topological polar surface area (TPSA) is 29.1 Å². The summed E-state index contributed by atoms with van der Waals surface area (Å²) in [5.41, 5.74) is 0.217. The zero-order valence-electron chi connectivity index (χ0n) is 10.0. The largest absolute Gasteiger partial charge is 0.356 e. The Labute approximate surface area is 114 Å². The standard InChI is InChI=1S/C13H16BrF2NO/c14-6-2-1-3-7-17-13(18)8-10-4-5-11(15)9-12(10)16/h4-5,9H,1-3,6-8H2,(H,17,18). The van der Waals surface area contributed by atoms with Crippen LogP contribution in [0.1, 0.15) is 24.8 Å². The van der Waals surface area contributed by atoms with Crippen LogP contribution in [0.2, 0.25) is 0 Å². The van der Waals surface area contributed by atoms with Gasteiger partial charge in [-0.05, 0) is 24.5 Å². The second-order valence-corrected chi connectivity index (χ2v) is 4.81. The van der Waals surface area contributed by atoms with Crippen LogP contribution in [0.3, 0.4) is 0 Å². The summed E-state index contributed by atoms with van der Waals surface area (Å²) >= 11 is 3.33. The molecule has 2 nitrogen and oxygen atoms in total. The molecule has 0 aliphatic heterocycles. The van der Waals surface area contributed by atoms with Gasteiger partial charge >= 0.3 is 0 Å². The fourth-order valence-corrected chi connectivity index (χ4v) is 1.92. The molecule has 0 spiro atoms. The highest BCUT2D eigenvalue weighted by atomic mass is 79.9. The number of unbranched alkanes of at least 4 members (excludes halogenated alkanes) is 2. The SMILES string of the molecule is O=C(Cc1ccc(F)cc1F)NCCCCCBr. The van der Waals surface area contributed by atoms with E-state index in [0.29, 0.717) is 6.54 Å². The molecular formula is C13H16BrF2NO. The van der Waals surface area contributed by atoms with Crippen molar-refractivity contribution in [1.82, 2.24) is 5.32 Å². The average molecular weight is 320 g/mol. The summed E-state index contributed by atoms with van der Waals surface area (Å²) in [4.78, 5) is 11.5. The minimum atomic E-state index is -0.676. The zero-order chi connectivity index (χ0) is 13.4. The van der Waals surface area contributed by atoms with Gasteiger partial charge in [0.1, 0.15) is 11.6 Å². The molecular weight excluding hydrogens is 304 g/mol. The third kappa shape index (κ3) is 5.58. The van der Waals surface area contributed by atoms with E-state index in [4.69, 9.17) is 0 Å². The van der Waals surface area contributed by atoms with Crippen molar-refractivity contribution in [2.75, 3.05) is 11.9 Å². The maximum atomic E-state index is 13.3. The molecule has 5 heteroatoms. The Morgan fingerprint density at radius 1 is 1.22 bits per heavy atom. The van der Waals surface area contributed by atoms with Gasteiger partial charge in [-0.25, -0.2) is 8.78 Å². The smallest absolute Gasteiger partial charge is 0.224 e. The maximum absolute atomic E-state index is 13.3. The van der Waals surface area contributed by atoms with Gasteiger partial charge in [0.15, 0.2) is 0 Å². The minimum Gasteiger partial charge on any atom is -0.356 e. The first-order valence-corrected chi connectivity index (χ1v) is 7.02. The van der Waals surface area contributed by atoms with Crippen molar-refractivity contribution in [1.29, 1.82) is 0 Å². The van der Waals surface area contributed by atoms with E-state index >= 15 is 0 Å². The van der Waals surface area contributed by atoms with Gasteiger partial charge in [0.25, 0.3) is 0 Å². The molecule has 0 bridgehead atoms. The first kappa shape index (κ1) is 15.1. The van der Waals surface area contributed by atoms with E-state index < -0.39 is 11.6 Å². The van der Waals surface area contributed by atoms with Gasteiger partial charge in [-0.3, -0.25) is 4.79 Å². The molecule has 0 heterocycles. The van der Waals surface area contributed by atoms with E-state index in [1.807, 2.05) is 0 Å². The molecule has 1 aromatic carbocycles. The van der Waals surface area contributed by atoms with E-state index in [1.54, 1.807) is 0 Å². The average Bonchev–Trinajstić information content (AvgIpc) is 2.32. The van der Waals surface area contributed by atoms with Gasteiger partial charge in [0.2, 0.25) is 5.91 Å². The molecule has 1 rings (SSSR count). The van der Waals surface area contributed by atoms with Crippen LogP contribution in [-0.4, -0.2) is 17.8 Å². The van der Waals surface area contributed by atoms with Crippen molar-refractivity contribution in [2.45, 2.75) is 25.7 Å². The highest BCUT2D eigenvalue weighted by molar-refractivity contribution is 9.09. The zero-order valence-corrected chi connectivity index (χ0v) is 11.6. The lowest BCUT2D eigenvalue weighted by atomic mass is 10.1. The van der Waals surface area contributed by atoms with Crippen LogP contribution < -0.4 is 5.32 Å². The van der Waals surface area contributed by atoms with Crippen LogP contribution in [0, 0.1) is 11.6 Å². The Bertz CT molecular complexity index is 399. The molecule has 0 fully saturated rings. The molecule has 1 N–H and O–H groups in total. The predicted octanol–water partition coefficient (Wildman–Crippen LogP) is 3.19. The van der Waals surface area contributed by atoms with E-state index in [9.17, 15) is 13.6 Å². The molecule has 0 unspecified atom stereocenters. The van der Waals surface area contributed by atoms with Crippen LogP contribution in [0.4, 0.5) is 8.78 Å². The Balaban J connectivity index is 2.31. The third-order valence-electron chi connectivity index (χ3n) is 2.50. The molecule has 1 amide bonds. The molecule has 18 heavy (non-hydrogen) atoms. The van der Waals surface area contributed by atoms with Crippen LogP contribution >= 0.6 is 15.9 Å². The second-order valence-electron chi connectivity index (χ2n) is 4.01. The Morgan fingerprint density at radius 3 is 2.67 bits per heavy atom. The monoisotopic (exact) mass is 319 g/mol. The summed E-state index contributed by atoms with van der Waals surface area (Å²) in [6.07, 6.45) is 2.96. The number of hydrogen-bond donors (Lipinski definition) is 1. The Kier molecular flexibility index (Phi) is 6.86. The minimum absolute atomic E-state index is 0.0510. The van der Waals surface area contributed by atoms with Crippen molar-refractivity contribution in [3.63, 3.8) is 0 Å².